The van der Waals surface area contributed by atoms with Gasteiger partial charge in [0, 0.05) is 28.4 Å². The SMILES string of the molecule is C=CC[N+]1=C(c2cc(Cl)ccc2[N+](=O)[O-])c2[nH]c3ccccc3c2CC1.[Br-]. The van der Waals surface area contributed by atoms with Gasteiger partial charge in [-0.25, -0.2) is 4.58 Å². The van der Waals surface area contributed by atoms with Gasteiger partial charge < -0.3 is 22.0 Å². The van der Waals surface area contributed by atoms with E-state index in [0.717, 1.165) is 35.3 Å². The fourth-order valence-electron chi connectivity index (χ4n) is 3.68. The summed E-state index contributed by atoms with van der Waals surface area (Å²) >= 11 is 6.19. The van der Waals surface area contributed by atoms with Gasteiger partial charge in [0.2, 0.25) is 5.71 Å². The number of nitro groups is 1. The molecule has 5 nitrogen and oxygen atoms in total. The van der Waals surface area contributed by atoms with E-state index in [1.165, 1.54) is 11.6 Å². The van der Waals surface area contributed by atoms with E-state index in [1.54, 1.807) is 12.1 Å². The maximum atomic E-state index is 11.6. The molecule has 0 atom stereocenters. The number of nitro benzene ring substituents is 1. The Labute approximate surface area is 171 Å². The number of hydrogen-bond donors (Lipinski definition) is 1. The molecule has 0 saturated heterocycles. The normalized spacial score (nSPS) is 13.2. The molecule has 0 aliphatic carbocycles. The first kappa shape index (κ1) is 19.3. The van der Waals surface area contributed by atoms with E-state index in [0.29, 0.717) is 17.1 Å². The van der Waals surface area contributed by atoms with Crippen LogP contribution in [0.5, 0.6) is 0 Å². The first-order valence-electron chi connectivity index (χ1n) is 8.37. The maximum Gasteiger partial charge on any atom is 0.283 e. The van der Waals surface area contributed by atoms with E-state index in [2.05, 4.69) is 22.2 Å². The lowest BCUT2D eigenvalue weighted by molar-refractivity contribution is -0.518. The highest BCUT2D eigenvalue weighted by Crippen LogP contribution is 2.32. The molecule has 3 aromatic rings. The Hall–Kier alpha value is -2.44. The van der Waals surface area contributed by atoms with Crippen molar-refractivity contribution in [3.8, 4) is 0 Å². The van der Waals surface area contributed by atoms with Gasteiger partial charge in [0.05, 0.1) is 4.92 Å². The Morgan fingerprint density at radius 2 is 2.07 bits per heavy atom. The highest BCUT2D eigenvalue weighted by molar-refractivity contribution is 6.31. The number of nitrogens with one attached hydrogen (secondary N) is 1. The molecule has 0 spiro atoms. The van der Waals surface area contributed by atoms with Gasteiger partial charge in [-0.1, -0.05) is 36.4 Å². The molecule has 1 aromatic heterocycles. The van der Waals surface area contributed by atoms with Crippen molar-refractivity contribution in [2.45, 2.75) is 6.42 Å². The Bertz CT molecular complexity index is 1090. The molecule has 0 unspecified atom stereocenters. The molecule has 0 fully saturated rings. The van der Waals surface area contributed by atoms with Crippen molar-refractivity contribution in [2.75, 3.05) is 13.1 Å². The first-order valence-corrected chi connectivity index (χ1v) is 8.75. The molecule has 0 amide bonds. The monoisotopic (exact) mass is 445 g/mol. The van der Waals surface area contributed by atoms with Crippen LogP contribution in [0.3, 0.4) is 0 Å². The topological polar surface area (TPSA) is 61.9 Å². The molecule has 138 valence electrons. The zero-order valence-corrected chi connectivity index (χ0v) is 16.8. The lowest BCUT2D eigenvalue weighted by Gasteiger charge is -2.15. The lowest BCUT2D eigenvalue weighted by atomic mass is 9.96. The standard InChI is InChI=1S/C20H16ClN3O2.BrH/c1-2-10-23-11-9-15-14-5-3-4-6-17(14)22-19(15)20(23)16-12-13(21)7-8-18(16)24(25)26;/h2-8,12H,1,9-11H2;1H. The van der Waals surface area contributed by atoms with Gasteiger partial charge in [0.15, 0.2) is 6.54 Å². The van der Waals surface area contributed by atoms with Crippen molar-refractivity contribution < 1.29 is 26.5 Å². The van der Waals surface area contributed by atoms with Gasteiger partial charge in [-0.2, -0.15) is 0 Å². The van der Waals surface area contributed by atoms with Gasteiger partial charge >= 0.3 is 0 Å². The molecule has 2 heterocycles. The summed E-state index contributed by atoms with van der Waals surface area (Å²) in [6.07, 6.45) is 2.68. The summed E-state index contributed by atoms with van der Waals surface area (Å²) in [7, 11) is 0. The minimum atomic E-state index is -0.359. The minimum Gasteiger partial charge on any atom is -1.00 e. The predicted molar refractivity (Wildman–Crippen MR) is 104 cm³/mol. The number of fused-ring (bicyclic) bond motifs is 3. The number of aromatic amines is 1. The second-order valence-corrected chi connectivity index (χ2v) is 6.71. The van der Waals surface area contributed by atoms with Crippen molar-refractivity contribution in [1.82, 2.24) is 4.98 Å². The van der Waals surface area contributed by atoms with E-state index in [4.69, 9.17) is 11.6 Å². The average molecular weight is 447 g/mol. The Morgan fingerprint density at radius 1 is 1.30 bits per heavy atom. The molecule has 0 radical (unpaired) electrons. The third kappa shape index (κ3) is 3.31. The molecule has 1 aliphatic heterocycles. The van der Waals surface area contributed by atoms with Crippen molar-refractivity contribution >= 4 is 33.9 Å². The highest BCUT2D eigenvalue weighted by atomic mass is 79.9. The van der Waals surface area contributed by atoms with Crippen LogP contribution in [0.1, 0.15) is 16.8 Å². The zero-order valence-electron chi connectivity index (χ0n) is 14.4. The largest absolute Gasteiger partial charge is 1.00 e. The predicted octanol–water partition coefficient (Wildman–Crippen LogP) is 1.33. The van der Waals surface area contributed by atoms with Crippen molar-refractivity contribution in [1.29, 1.82) is 0 Å². The van der Waals surface area contributed by atoms with Crippen LogP contribution in [-0.4, -0.2) is 33.3 Å². The summed E-state index contributed by atoms with van der Waals surface area (Å²) in [5.74, 6) is 0. The summed E-state index contributed by atoms with van der Waals surface area (Å²) in [4.78, 5) is 14.7. The lowest BCUT2D eigenvalue weighted by Crippen LogP contribution is -3.00. The van der Waals surface area contributed by atoms with E-state index in [-0.39, 0.29) is 27.6 Å². The number of benzene rings is 2. The van der Waals surface area contributed by atoms with Crippen LogP contribution >= 0.6 is 11.6 Å². The van der Waals surface area contributed by atoms with Crippen LogP contribution in [-0.2, 0) is 6.42 Å². The molecule has 4 rings (SSSR count). The molecular weight excluding hydrogens is 430 g/mol. The van der Waals surface area contributed by atoms with Crippen LogP contribution in [0, 0.1) is 10.1 Å². The van der Waals surface area contributed by atoms with Crippen molar-refractivity contribution in [2.24, 2.45) is 0 Å². The van der Waals surface area contributed by atoms with Crippen LogP contribution in [0.25, 0.3) is 10.9 Å². The van der Waals surface area contributed by atoms with Crippen LogP contribution in [0.15, 0.2) is 55.1 Å². The summed E-state index contributed by atoms with van der Waals surface area (Å²) < 4.78 is 2.11. The molecule has 7 heteroatoms. The van der Waals surface area contributed by atoms with Crippen LogP contribution in [0.2, 0.25) is 5.02 Å². The third-order valence-electron chi connectivity index (χ3n) is 4.76. The smallest absolute Gasteiger partial charge is 0.283 e. The molecule has 0 saturated carbocycles. The number of rotatable bonds is 4. The summed E-state index contributed by atoms with van der Waals surface area (Å²) in [5.41, 5.74) is 4.51. The number of para-hydroxylation sites is 1. The van der Waals surface area contributed by atoms with Crippen LogP contribution in [0.4, 0.5) is 5.69 Å². The van der Waals surface area contributed by atoms with Gasteiger partial charge in [-0.15, -0.1) is 0 Å². The number of H-pyrrole nitrogens is 1. The van der Waals surface area contributed by atoms with E-state index in [1.807, 2.05) is 24.3 Å². The third-order valence-corrected chi connectivity index (χ3v) is 4.99. The average Bonchev–Trinajstić information content (AvgIpc) is 3.00. The fourth-order valence-corrected chi connectivity index (χ4v) is 3.85. The second-order valence-electron chi connectivity index (χ2n) is 6.28. The number of aromatic nitrogens is 1. The second kappa shape index (κ2) is 7.66. The molecule has 1 aliphatic rings. The molecule has 1 N–H and O–H groups in total. The Balaban J connectivity index is 0.00000210. The van der Waals surface area contributed by atoms with Crippen LogP contribution < -0.4 is 17.0 Å². The quantitative estimate of drug-likeness (QED) is 0.284. The number of halogens is 2. The first-order chi connectivity index (χ1) is 12.6. The molecule has 27 heavy (non-hydrogen) atoms. The van der Waals surface area contributed by atoms with E-state index >= 15 is 0 Å². The minimum absolute atomic E-state index is 0. The van der Waals surface area contributed by atoms with Crippen molar-refractivity contribution in [3.63, 3.8) is 0 Å². The van der Waals surface area contributed by atoms with Gasteiger partial charge in [-0.3, -0.25) is 10.1 Å². The van der Waals surface area contributed by atoms with Crippen molar-refractivity contribution in [3.05, 3.63) is 87.1 Å². The highest BCUT2D eigenvalue weighted by Gasteiger charge is 2.34. The van der Waals surface area contributed by atoms with E-state index < -0.39 is 0 Å². The summed E-state index contributed by atoms with van der Waals surface area (Å²) in [5, 5.41) is 13.3. The van der Waals surface area contributed by atoms with Gasteiger partial charge in [-0.05, 0) is 29.8 Å². The van der Waals surface area contributed by atoms with Gasteiger partial charge in [0.25, 0.3) is 5.69 Å². The van der Waals surface area contributed by atoms with E-state index in [9.17, 15) is 10.1 Å². The summed E-state index contributed by atoms with van der Waals surface area (Å²) in [6.45, 7) is 5.20. The zero-order chi connectivity index (χ0) is 18.3. The number of hydrogen-bond acceptors (Lipinski definition) is 2. The molecular formula is C20H17BrClN3O2. The Kier molecular flexibility index (Phi) is 5.48. The number of nitrogens with zero attached hydrogens (tertiary/aromatic N) is 2. The molecule has 0 bridgehead atoms. The summed E-state index contributed by atoms with van der Waals surface area (Å²) in [6, 6.07) is 12.8. The Morgan fingerprint density at radius 3 is 2.81 bits per heavy atom. The molecule has 2 aromatic carbocycles. The fraction of sp³-hybridized carbons (Fsp3) is 0.150. The van der Waals surface area contributed by atoms with Gasteiger partial charge in [0.1, 0.15) is 17.8 Å². The maximum absolute atomic E-state index is 11.6.